The summed E-state index contributed by atoms with van der Waals surface area (Å²) in [4.78, 5) is 13.8. The number of hydrogen-bond acceptors (Lipinski definition) is 6. The summed E-state index contributed by atoms with van der Waals surface area (Å²) in [5, 5.41) is 8.79. The Morgan fingerprint density at radius 1 is 1.00 bits per heavy atom. The van der Waals surface area contributed by atoms with Gasteiger partial charge >= 0.3 is 5.97 Å². The lowest BCUT2D eigenvalue weighted by Gasteiger charge is -2.27. The molecule has 1 N–H and O–H groups in total. The summed E-state index contributed by atoms with van der Waals surface area (Å²) in [5.41, 5.74) is 5.61. The number of quaternary nitrogens is 1. The molecular formula is C26H28ClNO4S2. The van der Waals surface area contributed by atoms with E-state index in [1.54, 1.807) is 22.7 Å². The largest absolute Gasteiger partial charge is 1.00 e. The van der Waals surface area contributed by atoms with Crippen LogP contribution in [0, 0.1) is 0 Å². The normalized spacial score (nSPS) is 19.2. The van der Waals surface area contributed by atoms with Crippen molar-refractivity contribution in [1.82, 2.24) is 0 Å². The van der Waals surface area contributed by atoms with Crippen LogP contribution in [0.15, 0.2) is 63.5 Å². The number of benzene rings is 1. The molecule has 0 spiro atoms. The summed E-state index contributed by atoms with van der Waals surface area (Å²) < 4.78 is 17.0. The van der Waals surface area contributed by atoms with Gasteiger partial charge in [-0.15, -0.1) is 0 Å². The maximum Gasteiger partial charge on any atom is 0.311 e. The van der Waals surface area contributed by atoms with Crippen molar-refractivity contribution in [3.05, 3.63) is 74.6 Å². The van der Waals surface area contributed by atoms with Crippen molar-refractivity contribution >= 4 is 34.2 Å². The molecule has 0 radical (unpaired) electrons. The fourth-order valence-corrected chi connectivity index (χ4v) is 5.77. The van der Waals surface area contributed by atoms with Crippen molar-refractivity contribution < 1.29 is 36.3 Å². The van der Waals surface area contributed by atoms with E-state index < -0.39 is 0 Å². The lowest BCUT2D eigenvalue weighted by molar-refractivity contribution is -0.902. The summed E-state index contributed by atoms with van der Waals surface area (Å²) in [5.74, 6) is 1.28. The lowest BCUT2D eigenvalue weighted by Crippen LogP contribution is -3.13. The smallest absolute Gasteiger partial charge is 0.311 e. The number of para-hydroxylation sites is 2. The molecule has 180 valence electrons. The van der Waals surface area contributed by atoms with Crippen molar-refractivity contribution in [2.75, 3.05) is 32.8 Å². The number of rotatable bonds is 7. The third-order valence-electron chi connectivity index (χ3n) is 6.21. The van der Waals surface area contributed by atoms with Crippen molar-refractivity contribution in [3.63, 3.8) is 0 Å². The van der Waals surface area contributed by atoms with Gasteiger partial charge in [0.05, 0.1) is 26.1 Å². The molecule has 0 saturated carbocycles. The van der Waals surface area contributed by atoms with Gasteiger partial charge in [-0.1, -0.05) is 17.7 Å². The highest BCUT2D eigenvalue weighted by Gasteiger charge is 2.24. The molecule has 5 nitrogen and oxygen atoms in total. The maximum absolute atomic E-state index is 12.3. The first-order chi connectivity index (χ1) is 16.3. The number of carbonyl (C=O) groups excluding carboxylic acids is 1. The highest BCUT2D eigenvalue weighted by Crippen LogP contribution is 2.33. The van der Waals surface area contributed by atoms with Gasteiger partial charge in [-0.25, -0.2) is 0 Å². The number of likely N-dealkylation sites (tertiary alicyclic amines) is 1. The predicted octanol–water partition coefficient (Wildman–Crippen LogP) is 1.07. The molecule has 0 amide bonds. The Morgan fingerprint density at radius 3 is 2.32 bits per heavy atom. The second-order valence-electron chi connectivity index (χ2n) is 8.43. The van der Waals surface area contributed by atoms with E-state index in [0.717, 1.165) is 38.2 Å². The molecular weight excluding hydrogens is 490 g/mol. The molecule has 0 bridgehead atoms. The van der Waals surface area contributed by atoms with E-state index in [9.17, 15) is 4.79 Å². The van der Waals surface area contributed by atoms with Gasteiger partial charge in [0.25, 0.3) is 0 Å². The second kappa shape index (κ2) is 11.9. The van der Waals surface area contributed by atoms with Crippen LogP contribution in [0.4, 0.5) is 0 Å². The molecule has 1 atom stereocenters. The van der Waals surface area contributed by atoms with E-state index in [1.807, 2.05) is 24.3 Å². The summed E-state index contributed by atoms with van der Waals surface area (Å²) in [6.07, 6.45) is 2.31. The standard InChI is InChI=1S/C26H27NO4S2.ClH/c28-25(30-16-22-15-29-23-3-1-2-4-24(23)31-22)7-12-27-10-5-19(6-11-27)26(20-8-13-32-17-20)21-9-14-33-18-21;/h1-4,8-9,13-14,17-18,22H,5-7,10-12,15-16H2;1H. The average Bonchev–Trinajstić information content (AvgIpc) is 3.58. The molecule has 1 saturated heterocycles. The second-order valence-corrected chi connectivity index (χ2v) is 9.99. The molecule has 5 rings (SSSR count). The quantitative estimate of drug-likeness (QED) is 0.476. The van der Waals surface area contributed by atoms with Gasteiger partial charge in [0.2, 0.25) is 0 Å². The van der Waals surface area contributed by atoms with Gasteiger partial charge in [0, 0.05) is 12.8 Å². The minimum atomic E-state index is -0.258. The van der Waals surface area contributed by atoms with Crippen LogP contribution >= 0.6 is 22.7 Å². The van der Waals surface area contributed by atoms with Crippen LogP contribution in [0.3, 0.4) is 0 Å². The Kier molecular flexibility index (Phi) is 8.67. The van der Waals surface area contributed by atoms with Gasteiger partial charge in [-0.05, 0) is 62.5 Å². The number of hydrogen-bond donors (Lipinski definition) is 1. The van der Waals surface area contributed by atoms with Crippen molar-refractivity contribution in [1.29, 1.82) is 0 Å². The van der Waals surface area contributed by atoms with E-state index in [1.165, 1.54) is 27.2 Å². The lowest BCUT2D eigenvalue weighted by atomic mass is 9.91. The number of esters is 1. The molecule has 1 aromatic carbocycles. The molecule has 8 heteroatoms. The fourth-order valence-electron chi connectivity index (χ4n) is 4.48. The predicted molar refractivity (Wildman–Crippen MR) is 131 cm³/mol. The third kappa shape index (κ3) is 6.02. The minimum absolute atomic E-state index is 0. The van der Waals surface area contributed by atoms with Crippen LogP contribution < -0.4 is 26.8 Å². The van der Waals surface area contributed by atoms with Gasteiger partial charge < -0.3 is 31.5 Å². The van der Waals surface area contributed by atoms with E-state index >= 15 is 0 Å². The molecule has 2 aromatic heterocycles. The SMILES string of the molecule is O=C(CC[NH+]1CCC(=C(c2ccsc2)c2ccsc2)CC1)OCC1COc2ccccc2O1.[Cl-]. The van der Waals surface area contributed by atoms with Gasteiger partial charge in [0.15, 0.2) is 17.6 Å². The highest BCUT2D eigenvalue weighted by molar-refractivity contribution is 7.08. The zero-order chi connectivity index (χ0) is 22.5. The monoisotopic (exact) mass is 517 g/mol. The zero-order valence-corrected chi connectivity index (χ0v) is 21.2. The molecule has 2 aliphatic heterocycles. The number of halogens is 1. The van der Waals surface area contributed by atoms with Gasteiger partial charge in [-0.3, -0.25) is 4.79 Å². The number of carbonyl (C=O) groups is 1. The summed E-state index contributed by atoms with van der Waals surface area (Å²) >= 11 is 3.50. The van der Waals surface area contributed by atoms with E-state index in [2.05, 4.69) is 33.7 Å². The molecule has 2 aliphatic rings. The van der Waals surface area contributed by atoms with Crippen LogP contribution in [0.2, 0.25) is 0 Å². The molecule has 0 aliphatic carbocycles. The number of ether oxygens (including phenoxy) is 3. The number of nitrogens with one attached hydrogen (secondary N) is 1. The van der Waals surface area contributed by atoms with Crippen molar-refractivity contribution in [2.24, 2.45) is 0 Å². The Hall–Kier alpha value is -2.32. The Labute approximate surface area is 214 Å². The van der Waals surface area contributed by atoms with Gasteiger partial charge in [-0.2, -0.15) is 22.7 Å². The molecule has 3 aromatic rings. The first-order valence-corrected chi connectivity index (χ1v) is 13.3. The number of thiophene rings is 2. The first kappa shape index (κ1) is 24.8. The maximum atomic E-state index is 12.3. The molecule has 1 unspecified atom stereocenters. The summed E-state index contributed by atoms with van der Waals surface area (Å²) in [6, 6.07) is 12.0. The first-order valence-electron chi connectivity index (χ1n) is 11.4. The van der Waals surface area contributed by atoms with Crippen LogP contribution in [0.5, 0.6) is 11.5 Å². The van der Waals surface area contributed by atoms with Crippen LogP contribution in [0.25, 0.3) is 5.57 Å². The molecule has 4 heterocycles. The van der Waals surface area contributed by atoms with Crippen molar-refractivity contribution in [2.45, 2.75) is 25.4 Å². The molecule has 34 heavy (non-hydrogen) atoms. The number of fused-ring (bicyclic) bond motifs is 1. The Balaban J connectivity index is 0.00000274. The van der Waals surface area contributed by atoms with Crippen LogP contribution in [-0.4, -0.2) is 44.9 Å². The van der Waals surface area contributed by atoms with Crippen LogP contribution in [-0.2, 0) is 9.53 Å². The minimum Gasteiger partial charge on any atom is -1.00 e. The Bertz CT molecular complexity index is 1050. The Morgan fingerprint density at radius 2 is 1.68 bits per heavy atom. The summed E-state index contributed by atoms with van der Waals surface area (Å²) in [6.45, 7) is 3.53. The fraction of sp³-hybridized carbons (Fsp3) is 0.346. The summed E-state index contributed by atoms with van der Waals surface area (Å²) in [7, 11) is 0. The molecule has 1 fully saturated rings. The van der Waals surface area contributed by atoms with E-state index in [-0.39, 0.29) is 31.1 Å². The van der Waals surface area contributed by atoms with Crippen LogP contribution in [0.1, 0.15) is 30.4 Å². The zero-order valence-electron chi connectivity index (χ0n) is 18.8. The van der Waals surface area contributed by atoms with E-state index in [0.29, 0.717) is 18.8 Å². The highest BCUT2D eigenvalue weighted by atomic mass is 35.5. The topological polar surface area (TPSA) is 49.2 Å². The van der Waals surface area contributed by atoms with Crippen molar-refractivity contribution in [3.8, 4) is 11.5 Å². The van der Waals surface area contributed by atoms with E-state index in [4.69, 9.17) is 14.2 Å². The van der Waals surface area contributed by atoms with Gasteiger partial charge in [0.1, 0.15) is 13.2 Å². The number of piperidine rings is 1. The third-order valence-corrected chi connectivity index (χ3v) is 7.58. The average molecular weight is 518 g/mol.